The number of hydrogen-bond acceptors (Lipinski definition) is 3. The fraction of sp³-hybridized carbons (Fsp3) is 0.583. The SMILES string of the molecule is CCc1nn(C)c2c1[nH]c(=S)n2CC(=O)NC(C)C. The van der Waals surface area contributed by atoms with Crippen molar-refractivity contribution in [3.8, 4) is 0 Å². The van der Waals surface area contributed by atoms with Gasteiger partial charge in [-0.15, -0.1) is 0 Å². The molecule has 0 spiro atoms. The quantitative estimate of drug-likeness (QED) is 0.835. The number of H-pyrrole nitrogens is 1. The summed E-state index contributed by atoms with van der Waals surface area (Å²) in [5.74, 6) is -0.0498. The molecule has 0 fully saturated rings. The second kappa shape index (κ2) is 5.16. The van der Waals surface area contributed by atoms with Crippen LogP contribution in [-0.4, -0.2) is 31.3 Å². The van der Waals surface area contributed by atoms with Gasteiger partial charge in [-0.05, 0) is 32.5 Å². The van der Waals surface area contributed by atoms with E-state index in [0.717, 1.165) is 23.3 Å². The summed E-state index contributed by atoms with van der Waals surface area (Å²) < 4.78 is 4.11. The summed E-state index contributed by atoms with van der Waals surface area (Å²) in [6.45, 7) is 6.12. The van der Waals surface area contributed by atoms with Crippen LogP contribution in [0.4, 0.5) is 0 Å². The summed E-state index contributed by atoms with van der Waals surface area (Å²) in [6, 6.07) is 0.119. The van der Waals surface area contributed by atoms with E-state index >= 15 is 0 Å². The van der Waals surface area contributed by atoms with E-state index in [-0.39, 0.29) is 18.5 Å². The molecule has 0 saturated carbocycles. The fourth-order valence-corrected chi connectivity index (χ4v) is 2.44. The minimum atomic E-state index is -0.0498. The van der Waals surface area contributed by atoms with E-state index in [1.54, 1.807) is 9.25 Å². The topological polar surface area (TPSA) is 67.6 Å². The summed E-state index contributed by atoms with van der Waals surface area (Å²) >= 11 is 5.29. The Morgan fingerprint density at radius 2 is 2.21 bits per heavy atom. The Balaban J connectivity index is 2.43. The van der Waals surface area contributed by atoms with Crippen LogP contribution in [0.25, 0.3) is 11.2 Å². The average molecular weight is 281 g/mol. The second-order valence-electron chi connectivity index (χ2n) is 4.86. The molecule has 19 heavy (non-hydrogen) atoms. The predicted octanol–water partition coefficient (Wildman–Crippen LogP) is 1.52. The molecule has 2 rings (SSSR count). The number of hydrogen-bond donors (Lipinski definition) is 2. The Hall–Kier alpha value is -1.63. The maximum Gasteiger partial charge on any atom is 0.240 e. The number of carbonyl (C=O) groups excluding carboxylic acids is 1. The van der Waals surface area contributed by atoms with Crippen molar-refractivity contribution in [2.24, 2.45) is 7.05 Å². The minimum absolute atomic E-state index is 0.0498. The maximum absolute atomic E-state index is 11.9. The summed E-state index contributed by atoms with van der Waals surface area (Å²) in [6.07, 6.45) is 0.824. The molecule has 2 aromatic rings. The Morgan fingerprint density at radius 1 is 1.53 bits per heavy atom. The van der Waals surface area contributed by atoms with Gasteiger partial charge in [0, 0.05) is 13.1 Å². The van der Waals surface area contributed by atoms with Gasteiger partial charge in [-0.2, -0.15) is 5.10 Å². The molecule has 7 heteroatoms. The number of aryl methyl sites for hydroxylation is 2. The number of aromatic nitrogens is 4. The third-order valence-electron chi connectivity index (χ3n) is 2.91. The van der Waals surface area contributed by atoms with Crippen molar-refractivity contribution < 1.29 is 4.79 Å². The van der Waals surface area contributed by atoms with Crippen molar-refractivity contribution in [2.75, 3.05) is 0 Å². The molecule has 0 bridgehead atoms. The first-order valence-electron chi connectivity index (χ1n) is 6.37. The van der Waals surface area contributed by atoms with Crippen LogP contribution in [0.1, 0.15) is 26.5 Å². The largest absolute Gasteiger partial charge is 0.352 e. The molecule has 0 aliphatic rings. The summed E-state index contributed by atoms with van der Waals surface area (Å²) in [5, 5.41) is 7.29. The van der Waals surface area contributed by atoms with E-state index in [0.29, 0.717) is 4.77 Å². The van der Waals surface area contributed by atoms with Crippen LogP contribution in [0.2, 0.25) is 0 Å². The zero-order valence-corrected chi connectivity index (χ0v) is 12.5. The normalized spacial score (nSPS) is 11.4. The van der Waals surface area contributed by atoms with Gasteiger partial charge in [-0.3, -0.25) is 14.0 Å². The number of rotatable bonds is 4. The van der Waals surface area contributed by atoms with Gasteiger partial charge in [0.2, 0.25) is 5.91 Å². The summed E-state index contributed by atoms with van der Waals surface area (Å²) in [7, 11) is 1.86. The third kappa shape index (κ3) is 2.56. The smallest absolute Gasteiger partial charge is 0.240 e. The number of carbonyl (C=O) groups is 1. The van der Waals surface area contributed by atoms with E-state index in [1.165, 1.54) is 0 Å². The third-order valence-corrected chi connectivity index (χ3v) is 3.23. The molecule has 0 aliphatic heterocycles. The molecular formula is C12H19N5OS. The first kappa shape index (κ1) is 13.8. The van der Waals surface area contributed by atoms with E-state index in [2.05, 4.69) is 15.4 Å². The Kier molecular flexibility index (Phi) is 3.75. The van der Waals surface area contributed by atoms with Crippen LogP contribution in [0.3, 0.4) is 0 Å². The highest BCUT2D eigenvalue weighted by atomic mass is 32.1. The standard InChI is InChI=1S/C12H19N5OS/c1-5-8-10-11(16(4)15-8)17(12(19)14-10)6-9(18)13-7(2)3/h7H,5-6H2,1-4H3,(H,13,18)(H,14,19). The van der Waals surface area contributed by atoms with Crippen LogP contribution in [0.5, 0.6) is 0 Å². The lowest BCUT2D eigenvalue weighted by Crippen LogP contribution is -2.33. The first-order chi connectivity index (χ1) is 8.93. The van der Waals surface area contributed by atoms with Crippen molar-refractivity contribution in [3.63, 3.8) is 0 Å². The van der Waals surface area contributed by atoms with Crippen LogP contribution in [0.15, 0.2) is 0 Å². The van der Waals surface area contributed by atoms with Crippen molar-refractivity contribution >= 4 is 29.3 Å². The van der Waals surface area contributed by atoms with Crippen molar-refractivity contribution in [1.29, 1.82) is 0 Å². The monoisotopic (exact) mass is 281 g/mol. The molecule has 2 heterocycles. The van der Waals surface area contributed by atoms with Gasteiger partial charge >= 0.3 is 0 Å². The molecule has 1 amide bonds. The first-order valence-corrected chi connectivity index (χ1v) is 6.78. The van der Waals surface area contributed by atoms with E-state index in [1.807, 2.05) is 27.8 Å². The van der Waals surface area contributed by atoms with Crippen molar-refractivity contribution in [1.82, 2.24) is 24.6 Å². The molecule has 0 unspecified atom stereocenters. The Bertz CT molecular complexity index is 663. The number of fused-ring (bicyclic) bond motifs is 1. The average Bonchev–Trinajstić information content (AvgIpc) is 2.77. The molecular weight excluding hydrogens is 262 g/mol. The second-order valence-corrected chi connectivity index (χ2v) is 5.25. The number of aromatic amines is 1. The molecule has 0 atom stereocenters. The number of nitrogens with one attached hydrogen (secondary N) is 2. The molecule has 104 valence electrons. The highest BCUT2D eigenvalue weighted by molar-refractivity contribution is 7.71. The predicted molar refractivity (Wildman–Crippen MR) is 76.5 cm³/mol. The number of nitrogens with zero attached hydrogens (tertiary/aromatic N) is 3. The lowest BCUT2D eigenvalue weighted by molar-refractivity contribution is -0.122. The van der Waals surface area contributed by atoms with E-state index < -0.39 is 0 Å². The van der Waals surface area contributed by atoms with Gasteiger partial charge in [0.05, 0.1) is 5.69 Å². The van der Waals surface area contributed by atoms with E-state index in [4.69, 9.17) is 12.2 Å². The molecule has 0 radical (unpaired) electrons. The number of imidazole rings is 1. The van der Waals surface area contributed by atoms with Crippen LogP contribution >= 0.6 is 12.2 Å². The molecule has 0 saturated heterocycles. The highest BCUT2D eigenvalue weighted by Gasteiger charge is 2.16. The Labute approximate surface area is 116 Å². The van der Waals surface area contributed by atoms with Gasteiger partial charge in [-0.25, -0.2) is 0 Å². The maximum atomic E-state index is 11.9. The van der Waals surface area contributed by atoms with Crippen molar-refractivity contribution in [2.45, 2.75) is 39.8 Å². The van der Waals surface area contributed by atoms with Crippen LogP contribution in [0, 0.1) is 4.77 Å². The zero-order valence-electron chi connectivity index (χ0n) is 11.6. The van der Waals surface area contributed by atoms with Crippen LogP contribution < -0.4 is 5.32 Å². The summed E-state index contributed by atoms with van der Waals surface area (Å²) in [5.41, 5.74) is 2.75. The number of amides is 1. The minimum Gasteiger partial charge on any atom is -0.352 e. The molecule has 2 N–H and O–H groups in total. The molecule has 2 aromatic heterocycles. The molecule has 0 aliphatic carbocycles. The lowest BCUT2D eigenvalue weighted by atomic mass is 10.3. The molecule has 6 nitrogen and oxygen atoms in total. The lowest BCUT2D eigenvalue weighted by Gasteiger charge is -2.09. The van der Waals surface area contributed by atoms with Gasteiger partial charge < -0.3 is 10.3 Å². The van der Waals surface area contributed by atoms with Crippen LogP contribution in [-0.2, 0) is 24.8 Å². The highest BCUT2D eigenvalue weighted by Crippen LogP contribution is 2.17. The Morgan fingerprint density at radius 3 is 2.79 bits per heavy atom. The van der Waals surface area contributed by atoms with E-state index in [9.17, 15) is 4.79 Å². The summed E-state index contributed by atoms with van der Waals surface area (Å²) in [4.78, 5) is 15.0. The molecule has 0 aromatic carbocycles. The van der Waals surface area contributed by atoms with Gasteiger partial charge in [-0.1, -0.05) is 6.92 Å². The zero-order chi connectivity index (χ0) is 14.2. The van der Waals surface area contributed by atoms with Gasteiger partial charge in [0.1, 0.15) is 12.1 Å². The fourth-order valence-electron chi connectivity index (χ4n) is 2.18. The van der Waals surface area contributed by atoms with Gasteiger partial charge in [0.25, 0.3) is 0 Å². The van der Waals surface area contributed by atoms with Gasteiger partial charge in [0.15, 0.2) is 10.4 Å². The van der Waals surface area contributed by atoms with Crippen molar-refractivity contribution in [3.05, 3.63) is 10.5 Å².